The Hall–Kier alpha value is -2.63. The van der Waals surface area contributed by atoms with Gasteiger partial charge in [0.2, 0.25) is 5.89 Å². The smallest absolute Gasteiger partial charge is 0.252 e. The van der Waals surface area contributed by atoms with Crippen molar-refractivity contribution in [3.63, 3.8) is 0 Å². The first-order valence-electron chi connectivity index (χ1n) is 8.91. The largest absolute Gasteiger partial charge is 0.436 e. The summed E-state index contributed by atoms with van der Waals surface area (Å²) in [5, 5.41) is 3.61. The number of nitrogens with zero attached hydrogens (tertiary/aromatic N) is 1. The molecule has 1 saturated heterocycles. The fraction of sp³-hybridized carbons (Fsp3) is 0.238. The predicted octanol–water partition coefficient (Wildman–Crippen LogP) is 4.57. The van der Waals surface area contributed by atoms with Crippen LogP contribution in [0.15, 0.2) is 59.1 Å². The zero-order valence-corrected chi connectivity index (χ0v) is 15.4. The zero-order chi connectivity index (χ0) is 18.6. The zero-order valence-electron chi connectivity index (χ0n) is 14.7. The van der Waals surface area contributed by atoms with Gasteiger partial charge in [-0.15, -0.1) is 0 Å². The molecule has 138 valence electrons. The second kappa shape index (κ2) is 7.94. The van der Waals surface area contributed by atoms with E-state index >= 15 is 0 Å². The molecule has 3 aromatic rings. The molecule has 1 amide bonds. The summed E-state index contributed by atoms with van der Waals surface area (Å²) in [5.41, 5.74) is 2.06. The highest BCUT2D eigenvalue weighted by Gasteiger charge is 2.20. The van der Waals surface area contributed by atoms with Crippen molar-refractivity contribution in [3.05, 3.63) is 65.3 Å². The molecule has 6 heteroatoms. The van der Waals surface area contributed by atoms with Crippen LogP contribution >= 0.6 is 11.6 Å². The molecular weight excluding hydrogens is 364 g/mol. The Kier molecular flexibility index (Phi) is 5.23. The van der Waals surface area contributed by atoms with Crippen molar-refractivity contribution in [2.45, 2.75) is 18.9 Å². The molecule has 1 N–H and O–H groups in total. The summed E-state index contributed by atoms with van der Waals surface area (Å²) in [6.07, 6.45) is 3.77. The predicted molar refractivity (Wildman–Crippen MR) is 104 cm³/mol. The van der Waals surface area contributed by atoms with Crippen LogP contribution in [-0.4, -0.2) is 30.1 Å². The number of carbonyl (C=O) groups excluding carboxylic acids is 1. The second-order valence-corrected chi connectivity index (χ2v) is 6.86. The number of carbonyl (C=O) groups is 1. The number of aromatic nitrogens is 1. The van der Waals surface area contributed by atoms with Crippen LogP contribution in [-0.2, 0) is 4.74 Å². The number of rotatable bonds is 5. The molecule has 1 aromatic heterocycles. The fourth-order valence-electron chi connectivity index (χ4n) is 3.12. The van der Waals surface area contributed by atoms with Crippen LogP contribution in [0.4, 0.5) is 0 Å². The molecular formula is C21H19ClN2O3. The van der Waals surface area contributed by atoms with Gasteiger partial charge in [-0.3, -0.25) is 4.79 Å². The summed E-state index contributed by atoms with van der Waals surface area (Å²) in [5.74, 6) is 0.867. The number of hydrogen-bond donors (Lipinski definition) is 1. The van der Waals surface area contributed by atoms with Crippen molar-refractivity contribution in [1.82, 2.24) is 10.3 Å². The van der Waals surface area contributed by atoms with Crippen molar-refractivity contribution in [2.75, 3.05) is 13.2 Å². The Balaban J connectivity index is 1.55. The van der Waals surface area contributed by atoms with Gasteiger partial charge in [-0.2, -0.15) is 0 Å². The van der Waals surface area contributed by atoms with Crippen LogP contribution in [0.3, 0.4) is 0 Å². The molecule has 1 fully saturated rings. The quantitative estimate of drug-likeness (QED) is 0.702. The van der Waals surface area contributed by atoms with E-state index in [2.05, 4.69) is 10.3 Å². The highest BCUT2D eigenvalue weighted by atomic mass is 35.5. The van der Waals surface area contributed by atoms with Crippen molar-refractivity contribution >= 4 is 17.5 Å². The molecule has 1 atom stereocenters. The Bertz CT molecular complexity index is 931. The molecule has 0 unspecified atom stereocenters. The maximum Gasteiger partial charge on any atom is 0.252 e. The van der Waals surface area contributed by atoms with E-state index in [0.717, 1.165) is 25.0 Å². The van der Waals surface area contributed by atoms with Gasteiger partial charge in [-0.25, -0.2) is 4.98 Å². The normalized spacial score (nSPS) is 16.4. The number of benzene rings is 2. The standard InChI is InChI=1S/C21H19ClN2O3/c22-15-9-7-14(8-10-15)19-13-24-21(27-19)18-6-2-1-5-17(18)20(25)23-12-16-4-3-11-26-16/h1-2,5-10,13,16H,3-4,11-12H2,(H,23,25)/t16-/m1/s1. The average molecular weight is 383 g/mol. The van der Waals surface area contributed by atoms with Crippen LogP contribution < -0.4 is 5.32 Å². The summed E-state index contributed by atoms with van der Waals surface area (Å²) in [6, 6.07) is 14.6. The number of nitrogens with one attached hydrogen (secondary N) is 1. The molecule has 0 aliphatic carbocycles. The fourth-order valence-corrected chi connectivity index (χ4v) is 3.25. The topological polar surface area (TPSA) is 64.4 Å². The van der Waals surface area contributed by atoms with Gasteiger partial charge in [0.15, 0.2) is 5.76 Å². The summed E-state index contributed by atoms with van der Waals surface area (Å²) in [4.78, 5) is 17.0. The summed E-state index contributed by atoms with van der Waals surface area (Å²) in [6.45, 7) is 1.27. The highest BCUT2D eigenvalue weighted by molar-refractivity contribution is 6.30. The molecule has 27 heavy (non-hydrogen) atoms. The van der Waals surface area contributed by atoms with Gasteiger partial charge in [0.1, 0.15) is 0 Å². The van der Waals surface area contributed by atoms with E-state index in [4.69, 9.17) is 20.8 Å². The Morgan fingerprint density at radius 3 is 2.78 bits per heavy atom. The number of amides is 1. The number of oxazole rings is 1. The highest BCUT2D eigenvalue weighted by Crippen LogP contribution is 2.29. The van der Waals surface area contributed by atoms with Gasteiger partial charge in [0.25, 0.3) is 5.91 Å². The van der Waals surface area contributed by atoms with Crippen LogP contribution in [0.2, 0.25) is 5.02 Å². The minimum absolute atomic E-state index is 0.0966. The third-order valence-corrected chi connectivity index (χ3v) is 4.80. The number of ether oxygens (including phenoxy) is 1. The molecule has 2 aromatic carbocycles. The van der Waals surface area contributed by atoms with E-state index in [-0.39, 0.29) is 12.0 Å². The third-order valence-electron chi connectivity index (χ3n) is 4.55. The second-order valence-electron chi connectivity index (χ2n) is 6.43. The van der Waals surface area contributed by atoms with E-state index in [1.165, 1.54) is 0 Å². The van der Waals surface area contributed by atoms with Gasteiger partial charge in [-0.05, 0) is 49.2 Å². The van der Waals surface area contributed by atoms with Crippen molar-refractivity contribution in [1.29, 1.82) is 0 Å². The lowest BCUT2D eigenvalue weighted by molar-refractivity contribution is 0.0858. The SMILES string of the molecule is O=C(NC[C@H]1CCCO1)c1ccccc1-c1ncc(-c2ccc(Cl)cc2)o1. The van der Waals surface area contributed by atoms with Crippen molar-refractivity contribution in [3.8, 4) is 22.8 Å². The van der Waals surface area contributed by atoms with Gasteiger partial charge in [0, 0.05) is 29.3 Å². The van der Waals surface area contributed by atoms with Gasteiger partial charge in [-0.1, -0.05) is 23.7 Å². The summed E-state index contributed by atoms with van der Waals surface area (Å²) < 4.78 is 11.5. The molecule has 1 aliphatic rings. The van der Waals surface area contributed by atoms with Crippen LogP contribution in [0.5, 0.6) is 0 Å². The monoisotopic (exact) mass is 382 g/mol. The van der Waals surface area contributed by atoms with E-state index < -0.39 is 0 Å². The van der Waals surface area contributed by atoms with Crippen molar-refractivity contribution < 1.29 is 13.9 Å². The van der Waals surface area contributed by atoms with Gasteiger partial charge in [0.05, 0.1) is 17.9 Å². The maximum atomic E-state index is 12.7. The molecule has 2 heterocycles. The average Bonchev–Trinajstić information content (AvgIpc) is 3.39. The van der Waals surface area contributed by atoms with E-state index in [0.29, 0.717) is 34.3 Å². The molecule has 5 nitrogen and oxygen atoms in total. The van der Waals surface area contributed by atoms with E-state index in [9.17, 15) is 4.79 Å². The molecule has 4 rings (SSSR count). The first-order chi connectivity index (χ1) is 13.2. The Morgan fingerprint density at radius 2 is 2.00 bits per heavy atom. The number of halogens is 1. The van der Waals surface area contributed by atoms with Crippen LogP contribution in [0.1, 0.15) is 23.2 Å². The molecule has 0 spiro atoms. The van der Waals surface area contributed by atoms with Crippen LogP contribution in [0.25, 0.3) is 22.8 Å². The molecule has 0 saturated carbocycles. The van der Waals surface area contributed by atoms with Gasteiger partial charge < -0.3 is 14.5 Å². The first-order valence-corrected chi connectivity index (χ1v) is 9.29. The minimum atomic E-state index is -0.160. The first kappa shape index (κ1) is 17.8. The molecule has 0 radical (unpaired) electrons. The lowest BCUT2D eigenvalue weighted by Crippen LogP contribution is -2.32. The number of hydrogen-bond acceptors (Lipinski definition) is 4. The lowest BCUT2D eigenvalue weighted by atomic mass is 10.1. The molecule has 1 aliphatic heterocycles. The summed E-state index contributed by atoms with van der Waals surface area (Å²) in [7, 11) is 0. The Morgan fingerprint density at radius 1 is 1.19 bits per heavy atom. The van der Waals surface area contributed by atoms with E-state index in [1.54, 1.807) is 24.4 Å². The van der Waals surface area contributed by atoms with E-state index in [1.807, 2.05) is 30.3 Å². The lowest BCUT2D eigenvalue weighted by Gasteiger charge is -2.12. The third kappa shape index (κ3) is 4.04. The molecule has 0 bridgehead atoms. The Labute approximate surface area is 162 Å². The van der Waals surface area contributed by atoms with Gasteiger partial charge >= 0.3 is 0 Å². The summed E-state index contributed by atoms with van der Waals surface area (Å²) >= 11 is 5.93. The van der Waals surface area contributed by atoms with Crippen LogP contribution in [0, 0.1) is 0 Å². The van der Waals surface area contributed by atoms with Crippen molar-refractivity contribution in [2.24, 2.45) is 0 Å². The minimum Gasteiger partial charge on any atom is -0.436 e. The maximum absolute atomic E-state index is 12.7.